The zero-order valence-corrected chi connectivity index (χ0v) is 8.17. The molecule has 0 fully saturated rings. The Balaban J connectivity index is 2.73. The summed E-state index contributed by atoms with van der Waals surface area (Å²) >= 11 is 3.61. The Labute approximate surface area is 82.5 Å². The van der Waals surface area contributed by atoms with E-state index in [1.165, 1.54) is 0 Å². The first-order chi connectivity index (χ1) is 6.22. The molecule has 0 saturated heterocycles. The average molecular weight is 197 g/mol. The van der Waals surface area contributed by atoms with E-state index in [1.54, 1.807) is 12.1 Å². The lowest BCUT2D eigenvalue weighted by molar-refractivity contribution is 0.270. The first kappa shape index (κ1) is 9.92. The van der Waals surface area contributed by atoms with E-state index in [0.717, 1.165) is 5.75 Å². The van der Waals surface area contributed by atoms with Crippen molar-refractivity contribution in [1.82, 2.24) is 0 Å². The molecule has 0 radical (unpaired) electrons. The highest BCUT2D eigenvalue weighted by molar-refractivity contribution is 7.96. The number of ether oxygens (including phenoxy) is 1. The molecule has 1 aromatic carbocycles. The summed E-state index contributed by atoms with van der Waals surface area (Å²) in [5, 5.41) is 2.17. The van der Waals surface area contributed by atoms with Gasteiger partial charge in [0.05, 0.1) is 6.61 Å². The number of anilines is 1. The number of amides is 1. The molecule has 0 bridgehead atoms. The molecule has 0 aliphatic carbocycles. The van der Waals surface area contributed by atoms with Gasteiger partial charge in [0, 0.05) is 11.8 Å². The number of thiol groups is 1. The van der Waals surface area contributed by atoms with Gasteiger partial charge in [0.2, 0.25) is 0 Å². The fourth-order valence-corrected chi connectivity index (χ4v) is 1.08. The summed E-state index contributed by atoms with van der Waals surface area (Å²) in [4.78, 5) is 10.6. The van der Waals surface area contributed by atoms with Crippen molar-refractivity contribution in [2.24, 2.45) is 0 Å². The van der Waals surface area contributed by atoms with Crippen molar-refractivity contribution in [1.29, 1.82) is 0 Å². The van der Waals surface area contributed by atoms with Crippen molar-refractivity contribution in [2.75, 3.05) is 11.9 Å². The molecule has 13 heavy (non-hydrogen) atoms. The Hall–Kier alpha value is -1.16. The number of carbonyl (C=O) groups is 1. The molecule has 4 heteroatoms. The van der Waals surface area contributed by atoms with E-state index in [1.807, 2.05) is 19.1 Å². The number of carbonyl (C=O) groups excluding carboxylic acids is 1. The predicted octanol–water partition coefficient (Wildman–Crippen LogP) is 2.55. The largest absolute Gasteiger partial charge is 0.494 e. The summed E-state index contributed by atoms with van der Waals surface area (Å²) in [5.74, 6) is 0.738. The van der Waals surface area contributed by atoms with Crippen LogP contribution in [-0.4, -0.2) is 11.8 Å². The minimum Gasteiger partial charge on any atom is -0.494 e. The van der Waals surface area contributed by atoms with E-state index < -0.39 is 0 Å². The molecule has 1 amide bonds. The summed E-state index contributed by atoms with van der Waals surface area (Å²) in [7, 11) is 0. The predicted molar refractivity (Wildman–Crippen MR) is 55.6 cm³/mol. The van der Waals surface area contributed by atoms with Crippen LogP contribution in [0.2, 0.25) is 0 Å². The lowest BCUT2D eigenvalue weighted by Crippen LogP contribution is -2.01. The summed E-state index contributed by atoms with van der Waals surface area (Å²) < 4.78 is 5.25. The third kappa shape index (κ3) is 3.38. The lowest BCUT2D eigenvalue weighted by atomic mass is 10.3. The van der Waals surface area contributed by atoms with E-state index in [2.05, 4.69) is 17.9 Å². The number of hydrogen-bond donors (Lipinski definition) is 2. The first-order valence-corrected chi connectivity index (χ1v) is 4.40. The maximum absolute atomic E-state index is 10.6. The highest BCUT2D eigenvalue weighted by Crippen LogP contribution is 2.17. The smallest absolute Gasteiger partial charge is 0.280 e. The summed E-state index contributed by atoms with van der Waals surface area (Å²) in [6.45, 7) is 2.52. The molecule has 1 aromatic rings. The van der Waals surface area contributed by atoms with Crippen LogP contribution in [0.3, 0.4) is 0 Å². The van der Waals surface area contributed by atoms with E-state index >= 15 is 0 Å². The van der Waals surface area contributed by atoms with E-state index in [-0.39, 0.29) is 5.24 Å². The normalized spacial score (nSPS) is 9.38. The third-order valence-corrected chi connectivity index (χ3v) is 1.51. The van der Waals surface area contributed by atoms with Crippen molar-refractivity contribution in [3.05, 3.63) is 24.3 Å². The van der Waals surface area contributed by atoms with Crippen LogP contribution in [0.25, 0.3) is 0 Å². The fourth-order valence-electron chi connectivity index (χ4n) is 0.954. The van der Waals surface area contributed by atoms with Crippen LogP contribution in [0, 0.1) is 0 Å². The van der Waals surface area contributed by atoms with Gasteiger partial charge in [-0.1, -0.05) is 18.7 Å². The Kier molecular flexibility index (Phi) is 3.64. The van der Waals surface area contributed by atoms with Gasteiger partial charge in [0.15, 0.2) is 0 Å². The maximum Gasteiger partial charge on any atom is 0.280 e. The molecule has 1 N–H and O–H groups in total. The van der Waals surface area contributed by atoms with Gasteiger partial charge in [-0.2, -0.15) is 0 Å². The van der Waals surface area contributed by atoms with Crippen LogP contribution < -0.4 is 10.1 Å². The SMILES string of the molecule is CCOc1cccc(NC(=O)S)c1. The second-order valence-corrected chi connectivity index (χ2v) is 2.80. The molecule has 0 saturated carbocycles. The molecule has 70 valence electrons. The number of benzene rings is 1. The first-order valence-electron chi connectivity index (χ1n) is 3.95. The average Bonchev–Trinajstić information content (AvgIpc) is 2.04. The summed E-state index contributed by atoms with van der Waals surface area (Å²) in [6, 6.07) is 7.16. The van der Waals surface area contributed by atoms with Crippen molar-refractivity contribution >= 4 is 23.6 Å². The second kappa shape index (κ2) is 4.77. The van der Waals surface area contributed by atoms with E-state index in [9.17, 15) is 4.79 Å². The van der Waals surface area contributed by atoms with Crippen molar-refractivity contribution in [2.45, 2.75) is 6.92 Å². The van der Waals surface area contributed by atoms with Gasteiger partial charge in [-0.15, -0.1) is 0 Å². The molecule has 1 rings (SSSR count). The van der Waals surface area contributed by atoms with Crippen LogP contribution in [0.15, 0.2) is 24.3 Å². The summed E-state index contributed by atoms with van der Waals surface area (Å²) in [6.07, 6.45) is 0. The quantitative estimate of drug-likeness (QED) is 0.731. The third-order valence-electron chi connectivity index (χ3n) is 1.40. The minimum atomic E-state index is -0.381. The molecule has 0 aliphatic rings. The molecule has 0 aromatic heterocycles. The van der Waals surface area contributed by atoms with Crippen LogP contribution in [0.5, 0.6) is 5.75 Å². The lowest BCUT2D eigenvalue weighted by Gasteiger charge is -2.05. The highest BCUT2D eigenvalue weighted by atomic mass is 32.1. The van der Waals surface area contributed by atoms with Crippen LogP contribution >= 0.6 is 12.6 Å². The molecule has 0 atom stereocenters. The maximum atomic E-state index is 10.6. The van der Waals surface area contributed by atoms with Crippen molar-refractivity contribution < 1.29 is 9.53 Å². The van der Waals surface area contributed by atoms with Gasteiger partial charge in [-0.05, 0) is 19.1 Å². The number of nitrogens with one attached hydrogen (secondary N) is 1. The molecule has 0 unspecified atom stereocenters. The highest BCUT2D eigenvalue weighted by Gasteiger charge is 1.97. The van der Waals surface area contributed by atoms with Crippen LogP contribution in [0.4, 0.5) is 10.5 Å². The van der Waals surface area contributed by atoms with Gasteiger partial charge in [-0.25, -0.2) is 0 Å². The molecule has 0 heterocycles. The molecular weight excluding hydrogens is 186 g/mol. The Morgan fingerprint density at radius 3 is 3.00 bits per heavy atom. The zero-order chi connectivity index (χ0) is 9.68. The number of rotatable bonds is 3. The molecule has 3 nitrogen and oxygen atoms in total. The van der Waals surface area contributed by atoms with Crippen LogP contribution in [-0.2, 0) is 0 Å². The van der Waals surface area contributed by atoms with E-state index in [4.69, 9.17) is 4.74 Å². The second-order valence-electron chi connectivity index (χ2n) is 2.39. The zero-order valence-electron chi connectivity index (χ0n) is 7.28. The topological polar surface area (TPSA) is 38.3 Å². The standard InChI is InChI=1S/C9H11NO2S/c1-2-12-8-5-3-4-7(6-8)10-9(11)13/h3-6H,2H2,1H3,(H2,10,11,13). The van der Waals surface area contributed by atoms with Gasteiger partial charge in [0.25, 0.3) is 5.24 Å². The fraction of sp³-hybridized carbons (Fsp3) is 0.222. The Morgan fingerprint density at radius 2 is 2.38 bits per heavy atom. The van der Waals surface area contributed by atoms with E-state index in [0.29, 0.717) is 12.3 Å². The van der Waals surface area contributed by atoms with Crippen molar-refractivity contribution in [3.63, 3.8) is 0 Å². The van der Waals surface area contributed by atoms with Gasteiger partial charge >= 0.3 is 0 Å². The molecule has 0 spiro atoms. The monoisotopic (exact) mass is 197 g/mol. The molecule has 0 aliphatic heterocycles. The van der Waals surface area contributed by atoms with Gasteiger partial charge in [-0.3, -0.25) is 4.79 Å². The van der Waals surface area contributed by atoms with Gasteiger partial charge in [0.1, 0.15) is 5.75 Å². The Bertz CT molecular complexity index is 301. The van der Waals surface area contributed by atoms with Crippen LogP contribution in [0.1, 0.15) is 6.92 Å². The minimum absolute atomic E-state index is 0.381. The Morgan fingerprint density at radius 1 is 1.62 bits per heavy atom. The van der Waals surface area contributed by atoms with Crippen molar-refractivity contribution in [3.8, 4) is 5.75 Å². The van der Waals surface area contributed by atoms with Gasteiger partial charge < -0.3 is 10.1 Å². The molecular formula is C9H11NO2S. The summed E-state index contributed by atoms with van der Waals surface area (Å²) in [5.41, 5.74) is 0.686. The number of hydrogen-bond acceptors (Lipinski definition) is 2.